The maximum Gasteiger partial charge on any atom is 0.0563 e. The highest BCUT2D eigenvalue weighted by atomic mass is 32.2. The molecule has 2 aliphatic heterocycles. The number of rotatable bonds is 8. The highest BCUT2D eigenvalue weighted by Crippen LogP contribution is 2.62. The third-order valence-corrected chi connectivity index (χ3v) is 12.0. The van der Waals surface area contributed by atoms with Crippen molar-refractivity contribution in [2.24, 2.45) is 29.1 Å². The van der Waals surface area contributed by atoms with Crippen LogP contribution in [0, 0.1) is 29.1 Å². The molecule has 2 aromatic rings. The van der Waals surface area contributed by atoms with Crippen LogP contribution in [0.2, 0.25) is 0 Å². The predicted octanol–water partition coefficient (Wildman–Crippen LogP) is 7.31. The van der Waals surface area contributed by atoms with Crippen LogP contribution in [0.3, 0.4) is 0 Å². The van der Waals surface area contributed by atoms with E-state index in [-0.39, 0.29) is 0 Å². The number of benzene rings is 2. The highest BCUT2D eigenvalue weighted by Gasteiger charge is 2.55. The van der Waals surface area contributed by atoms with Gasteiger partial charge in [-0.1, -0.05) is 38.1 Å². The van der Waals surface area contributed by atoms with Crippen molar-refractivity contribution in [1.29, 1.82) is 0 Å². The quantitative estimate of drug-likeness (QED) is 0.349. The molecule has 6 aliphatic rings. The number of hydrogen-bond acceptors (Lipinski definition) is 4. The molecule has 4 aliphatic carbocycles. The Morgan fingerprint density at radius 3 is 2.19 bits per heavy atom. The zero-order chi connectivity index (χ0) is 24.3. The first kappa shape index (κ1) is 23.9. The molecule has 8 rings (SSSR count). The molecule has 4 heteroatoms. The lowest BCUT2D eigenvalue weighted by molar-refractivity contribution is -0.107. The number of likely N-dealkylation sites (tertiary alicyclic amines) is 1. The van der Waals surface area contributed by atoms with Gasteiger partial charge >= 0.3 is 0 Å². The van der Waals surface area contributed by atoms with Gasteiger partial charge in [-0.2, -0.15) is 0 Å². The van der Waals surface area contributed by atoms with Gasteiger partial charge in [0.2, 0.25) is 0 Å². The third kappa shape index (κ3) is 4.10. The molecule has 1 saturated heterocycles. The Labute approximate surface area is 223 Å². The summed E-state index contributed by atoms with van der Waals surface area (Å²) >= 11 is 1.97. The summed E-state index contributed by atoms with van der Waals surface area (Å²) in [6, 6.07) is 14.4. The monoisotopic (exact) mass is 503 g/mol. The maximum atomic E-state index is 2.88. The Morgan fingerprint density at radius 1 is 0.917 bits per heavy atom. The van der Waals surface area contributed by atoms with Crippen molar-refractivity contribution in [2.45, 2.75) is 76.2 Å². The normalized spacial score (nSPS) is 32.8. The first-order valence-corrected chi connectivity index (χ1v) is 15.8. The average Bonchev–Trinajstić information content (AvgIpc) is 3.23. The minimum absolute atomic E-state index is 0.619. The molecule has 0 amide bonds. The van der Waals surface area contributed by atoms with E-state index < -0.39 is 0 Å². The van der Waals surface area contributed by atoms with E-state index in [4.69, 9.17) is 0 Å². The van der Waals surface area contributed by atoms with E-state index in [1.54, 1.807) is 19.3 Å². The standard InChI is InChI=1S/C32H45N3S/c1-3-34(4-2)30(32-18-24-15-25(19-32)17-26(16-24)20-32)22-33-13-11-23(12-14-33)21-35-28-9-5-7-27-8-6-10-29(36-35)31(27)28/h5-10,23-26,30H,3-4,11-22H2,1-2H3/t24?,25?,26?,30-,32?/m0/s1. The smallest absolute Gasteiger partial charge is 0.0563 e. The highest BCUT2D eigenvalue weighted by molar-refractivity contribution is 8.01. The van der Waals surface area contributed by atoms with Crippen LogP contribution >= 0.6 is 11.9 Å². The van der Waals surface area contributed by atoms with Crippen molar-refractivity contribution < 1.29 is 0 Å². The molecule has 2 aromatic carbocycles. The maximum absolute atomic E-state index is 2.88. The summed E-state index contributed by atoms with van der Waals surface area (Å²) < 4.78 is 2.60. The van der Waals surface area contributed by atoms with E-state index in [0.717, 1.165) is 29.7 Å². The van der Waals surface area contributed by atoms with Gasteiger partial charge in [-0.15, -0.1) is 0 Å². The zero-order valence-electron chi connectivity index (χ0n) is 22.5. The molecule has 0 spiro atoms. The first-order chi connectivity index (χ1) is 17.6. The molecule has 2 heterocycles. The second-order valence-corrected chi connectivity index (χ2v) is 14.1. The largest absolute Gasteiger partial charge is 0.311 e. The topological polar surface area (TPSA) is 9.72 Å². The van der Waals surface area contributed by atoms with E-state index in [1.807, 2.05) is 11.9 Å². The van der Waals surface area contributed by atoms with Crippen LogP contribution in [0.4, 0.5) is 5.69 Å². The van der Waals surface area contributed by atoms with Gasteiger partial charge in [-0.05, 0) is 136 Å². The number of likely N-dealkylation sites (N-methyl/N-ethyl adjacent to an activating group) is 1. The van der Waals surface area contributed by atoms with Crippen molar-refractivity contribution in [3.8, 4) is 0 Å². The Hall–Kier alpha value is -1.23. The minimum atomic E-state index is 0.619. The lowest BCUT2D eigenvalue weighted by Gasteiger charge is -2.61. The van der Waals surface area contributed by atoms with Gasteiger partial charge in [0.1, 0.15) is 0 Å². The van der Waals surface area contributed by atoms with Crippen molar-refractivity contribution >= 4 is 28.4 Å². The molecule has 1 atom stereocenters. The van der Waals surface area contributed by atoms with Crippen LogP contribution in [0.5, 0.6) is 0 Å². The Kier molecular flexibility index (Phi) is 6.30. The molecule has 36 heavy (non-hydrogen) atoms. The summed E-state index contributed by atoms with van der Waals surface area (Å²) in [6.45, 7) is 12.4. The third-order valence-electron chi connectivity index (χ3n) is 10.9. The average molecular weight is 504 g/mol. The fraction of sp³-hybridized carbons (Fsp3) is 0.688. The minimum Gasteiger partial charge on any atom is -0.311 e. The van der Waals surface area contributed by atoms with E-state index >= 15 is 0 Å². The van der Waals surface area contributed by atoms with Crippen LogP contribution in [0.25, 0.3) is 10.8 Å². The molecule has 4 bridgehead atoms. The van der Waals surface area contributed by atoms with Crippen LogP contribution in [-0.2, 0) is 0 Å². The molecule has 0 aromatic heterocycles. The Bertz CT molecular complexity index is 1050. The Balaban J connectivity index is 1.01. The summed E-state index contributed by atoms with van der Waals surface area (Å²) in [6.07, 6.45) is 12.0. The Morgan fingerprint density at radius 2 is 1.56 bits per heavy atom. The van der Waals surface area contributed by atoms with E-state index in [2.05, 4.69) is 64.4 Å². The van der Waals surface area contributed by atoms with Gasteiger partial charge in [0, 0.05) is 29.4 Å². The fourth-order valence-electron chi connectivity index (χ4n) is 9.65. The predicted molar refractivity (Wildman–Crippen MR) is 154 cm³/mol. The van der Waals surface area contributed by atoms with Crippen molar-refractivity contribution in [3.05, 3.63) is 36.4 Å². The lowest BCUT2D eigenvalue weighted by Crippen LogP contribution is -2.60. The van der Waals surface area contributed by atoms with E-state index in [0.29, 0.717) is 5.41 Å². The van der Waals surface area contributed by atoms with Crippen molar-refractivity contribution in [1.82, 2.24) is 9.80 Å². The molecule has 194 valence electrons. The van der Waals surface area contributed by atoms with Gasteiger partial charge in [0.25, 0.3) is 0 Å². The summed E-state index contributed by atoms with van der Waals surface area (Å²) in [4.78, 5) is 7.20. The first-order valence-electron chi connectivity index (χ1n) is 15.1. The van der Waals surface area contributed by atoms with Crippen molar-refractivity contribution in [3.63, 3.8) is 0 Å². The van der Waals surface area contributed by atoms with Gasteiger partial charge < -0.3 is 9.21 Å². The zero-order valence-corrected chi connectivity index (χ0v) is 23.3. The van der Waals surface area contributed by atoms with Crippen LogP contribution in [-0.4, -0.2) is 55.1 Å². The molecule has 3 nitrogen and oxygen atoms in total. The molecular formula is C32H45N3S. The summed E-state index contributed by atoms with van der Waals surface area (Å²) in [5.41, 5.74) is 2.06. The number of piperidine rings is 1. The summed E-state index contributed by atoms with van der Waals surface area (Å²) in [5.74, 6) is 3.95. The number of nitrogens with zero attached hydrogens (tertiary/aromatic N) is 3. The van der Waals surface area contributed by atoms with Crippen LogP contribution < -0.4 is 4.31 Å². The van der Waals surface area contributed by atoms with E-state index in [1.165, 1.54) is 92.7 Å². The SMILES string of the molecule is CCN(CC)[C@@H](CN1CCC(CN2Sc3cccc4cccc2c34)CC1)C12CC3CC(CC(C3)C1)C2. The van der Waals surface area contributed by atoms with E-state index in [9.17, 15) is 0 Å². The molecule has 0 unspecified atom stereocenters. The van der Waals surface area contributed by atoms with Crippen molar-refractivity contribution in [2.75, 3.05) is 43.6 Å². The summed E-state index contributed by atoms with van der Waals surface area (Å²) in [5, 5.41) is 2.86. The molecular weight excluding hydrogens is 458 g/mol. The lowest BCUT2D eigenvalue weighted by atomic mass is 9.47. The van der Waals surface area contributed by atoms with Gasteiger partial charge in [-0.25, -0.2) is 0 Å². The summed E-state index contributed by atoms with van der Waals surface area (Å²) in [7, 11) is 0. The van der Waals surface area contributed by atoms with Crippen LogP contribution in [0.1, 0.15) is 65.2 Å². The second kappa shape index (κ2) is 9.50. The molecule has 0 radical (unpaired) electrons. The van der Waals surface area contributed by atoms with Crippen LogP contribution in [0.15, 0.2) is 41.3 Å². The van der Waals surface area contributed by atoms with Gasteiger partial charge in [0.15, 0.2) is 0 Å². The fourth-order valence-corrected chi connectivity index (χ4v) is 10.9. The second-order valence-electron chi connectivity index (χ2n) is 13.0. The molecule has 5 fully saturated rings. The number of anilines is 1. The molecule has 0 N–H and O–H groups in total. The van der Waals surface area contributed by atoms with Gasteiger partial charge in [0.05, 0.1) is 5.69 Å². The number of hydrogen-bond donors (Lipinski definition) is 0. The van der Waals surface area contributed by atoms with Gasteiger partial charge in [-0.3, -0.25) is 4.90 Å². The molecule has 4 saturated carbocycles.